The van der Waals surface area contributed by atoms with Crippen LogP contribution in [0, 0.1) is 0 Å². The lowest BCUT2D eigenvalue weighted by atomic mass is 10.9. The molecule has 0 aromatic carbocycles. The minimum absolute atomic E-state index is 0.310. The van der Waals surface area contributed by atoms with Gasteiger partial charge in [0.1, 0.15) is 0 Å². The number of ether oxygens (including phenoxy) is 1. The van der Waals surface area contributed by atoms with Crippen LogP contribution in [-0.2, 0) is 4.74 Å². The summed E-state index contributed by atoms with van der Waals surface area (Å²) in [6.45, 7) is 1.99. The lowest BCUT2D eigenvalue weighted by Gasteiger charge is -1.89. The molecular formula is C3H7NO2. The van der Waals surface area contributed by atoms with E-state index in [0.717, 1.165) is 0 Å². The molecular weight excluding hydrogens is 82.0 g/mol. The summed E-state index contributed by atoms with van der Waals surface area (Å²) in [6, 6.07) is 0. The molecule has 0 aromatic rings. The quantitative estimate of drug-likeness (QED) is 0.497. The zero-order chi connectivity index (χ0) is 5.70. The number of rotatable bonds is 1. The summed E-state index contributed by atoms with van der Waals surface area (Å²) in [7, 11) is 0. The molecule has 0 aliphatic carbocycles. The Hall–Kier alpha value is -0.730. The topological polar surface area (TPSA) is 52.3 Å². The fourth-order valence-corrected chi connectivity index (χ4v) is 0.131. The molecule has 0 saturated carbocycles. The molecule has 36 valence electrons. The van der Waals surface area contributed by atoms with E-state index in [-0.39, 0.29) is 0 Å². The van der Waals surface area contributed by atoms with Crippen LogP contribution in [0.4, 0.5) is 4.79 Å². The van der Waals surface area contributed by atoms with Crippen molar-refractivity contribution in [2.24, 2.45) is 5.73 Å². The Morgan fingerprint density at radius 3 is 3.17 bits per heavy atom. The van der Waals surface area contributed by atoms with E-state index < -0.39 is 6.09 Å². The molecule has 6 heavy (non-hydrogen) atoms. The van der Waals surface area contributed by atoms with Gasteiger partial charge in [-0.1, -0.05) is 0 Å². The lowest BCUT2D eigenvalue weighted by molar-refractivity contribution is 0.163. The highest BCUT2D eigenvalue weighted by atomic mass is 16.5. The smallest absolute Gasteiger partial charge is 0.404 e. The molecule has 0 bridgehead atoms. The van der Waals surface area contributed by atoms with Crippen molar-refractivity contribution in [3.05, 3.63) is 0 Å². The largest absolute Gasteiger partial charge is 0.450 e. The zero-order valence-electron chi connectivity index (χ0n) is 4.52. The van der Waals surface area contributed by atoms with Gasteiger partial charge < -0.3 is 10.5 Å². The minimum atomic E-state index is -0.706. The number of nitrogens with two attached hydrogens (primary N) is 1. The molecule has 0 atom stereocenters. The fraction of sp³-hybridized carbons (Fsp3) is 0.667. The normalized spacial score (nSPS) is 9.17. The van der Waals surface area contributed by atoms with E-state index >= 15 is 0 Å². The molecule has 0 spiro atoms. The maximum atomic E-state index is 9.89. The Bertz CT molecular complexity index is 66.0. The molecule has 3 heteroatoms. The van der Waals surface area contributed by atoms with Crippen molar-refractivity contribution in [1.29, 1.82) is 0 Å². The molecule has 0 heterocycles. The van der Waals surface area contributed by atoms with E-state index in [4.69, 9.17) is 1.41 Å². The summed E-state index contributed by atoms with van der Waals surface area (Å²) in [4.78, 5) is 9.89. The van der Waals surface area contributed by atoms with Gasteiger partial charge in [-0.25, -0.2) is 4.79 Å². The second kappa shape index (κ2) is 2.50. The molecule has 0 unspecified atom stereocenters. The summed E-state index contributed by atoms with van der Waals surface area (Å²) in [5.74, 6) is 0. The van der Waals surface area contributed by atoms with Gasteiger partial charge in [0.25, 0.3) is 0 Å². The first-order chi connectivity index (χ1) is 3.31. The van der Waals surface area contributed by atoms with Gasteiger partial charge in [0.15, 0.2) is 1.41 Å². The summed E-state index contributed by atoms with van der Waals surface area (Å²) in [6.07, 6.45) is -0.706. The van der Waals surface area contributed by atoms with E-state index in [0.29, 0.717) is 6.61 Å². The maximum absolute atomic E-state index is 9.89. The van der Waals surface area contributed by atoms with Crippen LogP contribution in [0.15, 0.2) is 0 Å². The number of primary amides is 1. The van der Waals surface area contributed by atoms with E-state index in [2.05, 4.69) is 4.74 Å². The number of carbonyl (C=O) groups excluding carboxylic acids is 1. The van der Waals surface area contributed by atoms with Crippen molar-refractivity contribution in [3.63, 3.8) is 0 Å². The predicted octanol–water partition coefficient (Wildman–Crippen LogP) is 0.102. The Morgan fingerprint density at radius 2 is 3.00 bits per heavy atom. The third-order valence-corrected chi connectivity index (χ3v) is 0.275. The van der Waals surface area contributed by atoms with E-state index in [1.165, 1.54) is 0 Å². The first-order valence-corrected chi connectivity index (χ1v) is 1.65. The molecule has 0 rings (SSSR count). The average Bonchev–Trinajstić information content (AvgIpc) is 1.68. The monoisotopic (exact) mass is 91.1 g/mol. The van der Waals surface area contributed by atoms with E-state index in [1.54, 1.807) is 12.7 Å². The molecule has 0 radical (unpaired) electrons. The Labute approximate surface area is 37.5 Å². The van der Waals surface area contributed by atoms with E-state index in [9.17, 15) is 4.79 Å². The molecule has 0 aliphatic heterocycles. The molecule has 3 nitrogen and oxygen atoms in total. The van der Waals surface area contributed by atoms with Crippen LogP contribution in [0.3, 0.4) is 0 Å². The summed E-state index contributed by atoms with van der Waals surface area (Å²) < 4.78 is 10.4. The van der Waals surface area contributed by atoms with Crippen molar-refractivity contribution in [3.8, 4) is 0 Å². The highest BCUT2D eigenvalue weighted by molar-refractivity contribution is 5.64. The van der Waals surface area contributed by atoms with Crippen LogP contribution in [0.5, 0.6) is 0 Å². The standard InChI is InChI=1S/C3H7NO2/c1-2-6-3(4)5/h2H2,1H3,(H2,4,5)/i/hT. The van der Waals surface area contributed by atoms with Crippen LogP contribution >= 0.6 is 0 Å². The van der Waals surface area contributed by atoms with Crippen molar-refractivity contribution in [2.75, 3.05) is 6.61 Å². The van der Waals surface area contributed by atoms with Gasteiger partial charge in [-0.05, 0) is 6.92 Å². The summed E-state index contributed by atoms with van der Waals surface area (Å²) >= 11 is 0. The summed E-state index contributed by atoms with van der Waals surface area (Å²) in [5.41, 5.74) is 1.55. The fourth-order valence-electron chi connectivity index (χ4n) is 0.131. The van der Waals surface area contributed by atoms with Crippen molar-refractivity contribution in [1.82, 2.24) is 0 Å². The lowest BCUT2D eigenvalue weighted by Crippen LogP contribution is -2.11. The highest BCUT2D eigenvalue weighted by Gasteiger charge is 1.82. The molecule has 2 N–H and O–H groups in total. The van der Waals surface area contributed by atoms with Crippen molar-refractivity contribution < 1.29 is 10.9 Å². The number of hydrogen-bond donors (Lipinski definition) is 1. The van der Waals surface area contributed by atoms with Crippen molar-refractivity contribution >= 4 is 6.09 Å². The second-order valence-electron chi connectivity index (χ2n) is 0.720. The molecule has 0 aliphatic rings. The molecule has 1 amide bonds. The van der Waals surface area contributed by atoms with Crippen LogP contribution < -0.4 is 5.73 Å². The van der Waals surface area contributed by atoms with Gasteiger partial charge in [0.2, 0.25) is 0 Å². The zero-order valence-corrected chi connectivity index (χ0v) is 3.52. The third-order valence-electron chi connectivity index (χ3n) is 0.275. The van der Waals surface area contributed by atoms with Gasteiger partial charge in [0, 0.05) is 0 Å². The van der Waals surface area contributed by atoms with Crippen LogP contribution in [0.25, 0.3) is 0 Å². The minimum Gasteiger partial charge on any atom is -0.450 e. The SMILES string of the molecule is [3H]NC(=O)OCC. The van der Waals surface area contributed by atoms with Crippen molar-refractivity contribution in [2.45, 2.75) is 6.92 Å². The van der Waals surface area contributed by atoms with Crippen LogP contribution in [0.1, 0.15) is 6.92 Å². The van der Waals surface area contributed by atoms with Crippen LogP contribution in [-0.4, -0.2) is 12.7 Å². The maximum Gasteiger partial charge on any atom is 0.404 e. The van der Waals surface area contributed by atoms with Gasteiger partial charge in [-0.3, -0.25) is 0 Å². The van der Waals surface area contributed by atoms with Gasteiger partial charge >= 0.3 is 6.09 Å². The van der Waals surface area contributed by atoms with Gasteiger partial charge in [0.05, 0.1) is 6.61 Å². The Balaban J connectivity index is 3.00. The van der Waals surface area contributed by atoms with E-state index in [1.807, 2.05) is 0 Å². The second-order valence-corrected chi connectivity index (χ2v) is 0.720. The Morgan fingerprint density at radius 1 is 2.33 bits per heavy atom. The Kier molecular flexibility index (Phi) is 1.44. The number of amides is 1. The molecule has 0 saturated heterocycles. The first kappa shape index (κ1) is 3.46. The predicted molar refractivity (Wildman–Crippen MR) is 21.2 cm³/mol. The summed E-state index contributed by atoms with van der Waals surface area (Å²) in [5, 5.41) is 0. The van der Waals surface area contributed by atoms with Gasteiger partial charge in [-0.15, -0.1) is 0 Å². The molecule has 0 fully saturated rings. The third kappa shape index (κ3) is 3.27. The van der Waals surface area contributed by atoms with Crippen LogP contribution in [0.2, 0.25) is 1.41 Å². The van der Waals surface area contributed by atoms with Gasteiger partial charge in [-0.2, -0.15) is 0 Å². The molecule has 0 aromatic heterocycles. The average molecular weight is 91.1 g/mol. The first-order valence-electron chi connectivity index (χ1n) is 2.15. The number of carbonyl (C=O) groups is 1. The highest BCUT2D eigenvalue weighted by Crippen LogP contribution is 1.66. The number of hydrogen-bond acceptors (Lipinski definition) is 2.